The monoisotopic (exact) mass is 685 g/mol. The molecule has 11 N–H and O–H groups in total. The van der Waals surface area contributed by atoms with Crippen LogP contribution >= 0.6 is 24.4 Å². The lowest BCUT2D eigenvalue weighted by molar-refractivity contribution is -0.143. The SMILES string of the molecule is CSCC[C@H](NC(=O)C1CCCN1C(=O)[C@H](CO)NC(=O)[C@@H](N)CS)C(=O)N[C@@H](Cc1ccc(O)cc1)C(=O)N[C@@H](CO)C(N)=O. The summed E-state index contributed by atoms with van der Waals surface area (Å²) in [5.74, 6) is -4.12. The number of aliphatic hydroxyl groups is 2. The van der Waals surface area contributed by atoms with Crippen LogP contribution in [0, 0.1) is 0 Å². The predicted molar refractivity (Wildman–Crippen MR) is 172 cm³/mol. The highest BCUT2D eigenvalue weighted by molar-refractivity contribution is 7.98. The number of benzene rings is 1. The van der Waals surface area contributed by atoms with Gasteiger partial charge < -0.3 is 53.0 Å². The van der Waals surface area contributed by atoms with E-state index in [1.165, 1.54) is 40.9 Å². The Labute approximate surface area is 276 Å². The van der Waals surface area contributed by atoms with E-state index in [0.717, 1.165) is 0 Å². The maximum absolute atomic E-state index is 13.6. The van der Waals surface area contributed by atoms with E-state index in [1.807, 2.05) is 0 Å². The van der Waals surface area contributed by atoms with Crippen LogP contribution < -0.4 is 32.7 Å². The van der Waals surface area contributed by atoms with E-state index < -0.39 is 84.9 Å². The van der Waals surface area contributed by atoms with Gasteiger partial charge in [0.2, 0.25) is 35.4 Å². The molecule has 1 unspecified atom stereocenters. The van der Waals surface area contributed by atoms with Crippen molar-refractivity contribution in [2.24, 2.45) is 11.5 Å². The average Bonchev–Trinajstić information content (AvgIpc) is 3.54. The molecule has 0 aliphatic carbocycles. The number of hydrogen-bond donors (Lipinski definition) is 10. The van der Waals surface area contributed by atoms with Gasteiger partial charge in [0.1, 0.15) is 36.0 Å². The fraction of sp³-hybridized carbons (Fsp3) is 0.571. The molecule has 1 heterocycles. The van der Waals surface area contributed by atoms with Crippen LogP contribution in [0.5, 0.6) is 5.75 Å². The van der Waals surface area contributed by atoms with E-state index in [4.69, 9.17) is 11.5 Å². The number of carbonyl (C=O) groups is 6. The Morgan fingerprint density at radius 2 is 1.52 bits per heavy atom. The number of nitrogens with two attached hydrogens (primary N) is 2. The van der Waals surface area contributed by atoms with Gasteiger partial charge in [-0.1, -0.05) is 12.1 Å². The first-order valence-electron chi connectivity index (χ1n) is 14.5. The second-order valence-electron chi connectivity index (χ2n) is 10.6. The smallest absolute Gasteiger partial charge is 0.248 e. The Hall–Kier alpha value is -3.58. The molecule has 1 fully saturated rings. The van der Waals surface area contributed by atoms with Gasteiger partial charge >= 0.3 is 0 Å². The molecule has 6 atom stereocenters. The summed E-state index contributed by atoms with van der Waals surface area (Å²) in [5.41, 5.74) is 11.4. The van der Waals surface area contributed by atoms with Gasteiger partial charge in [-0.15, -0.1) is 0 Å². The molecule has 1 saturated heterocycles. The first kappa shape index (κ1) is 38.6. The van der Waals surface area contributed by atoms with E-state index in [-0.39, 0.29) is 37.3 Å². The molecule has 0 bridgehead atoms. The van der Waals surface area contributed by atoms with Crippen molar-refractivity contribution in [1.82, 2.24) is 26.2 Å². The average molecular weight is 686 g/mol. The van der Waals surface area contributed by atoms with E-state index in [2.05, 4.69) is 33.9 Å². The topological polar surface area (TPSA) is 267 Å². The fourth-order valence-electron chi connectivity index (χ4n) is 4.65. The van der Waals surface area contributed by atoms with E-state index >= 15 is 0 Å². The van der Waals surface area contributed by atoms with Crippen LogP contribution in [0.1, 0.15) is 24.8 Å². The Kier molecular flexibility index (Phi) is 16.1. The number of aromatic hydroxyl groups is 1. The van der Waals surface area contributed by atoms with Crippen molar-refractivity contribution in [1.29, 1.82) is 0 Å². The number of primary amides is 1. The largest absolute Gasteiger partial charge is 0.508 e. The molecule has 46 heavy (non-hydrogen) atoms. The van der Waals surface area contributed by atoms with Gasteiger partial charge in [-0.05, 0) is 49.0 Å². The fourth-order valence-corrected chi connectivity index (χ4v) is 5.29. The van der Waals surface area contributed by atoms with Crippen molar-refractivity contribution in [2.75, 3.05) is 37.5 Å². The number of rotatable bonds is 18. The molecule has 0 radical (unpaired) electrons. The third kappa shape index (κ3) is 11.3. The Balaban J connectivity index is 2.24. The van der Waals surface area contributed by atoms with Gasteiger partial charge in [0.25, 0.3) is 0 Å². The van der Waals surface area contributed by atoms with Crippen molar-refractivity contribution in [3.05, 3.63) is 29.8 Å². The number of nitrogens with one attached hydrogen (secondary N) is 4. The van der Waals surface area contributed by atoms with Gasteiger partial charge in [-0.25, -0.2) is 0 Å². The summed E-state index contributed by atoms with van der Waals surface area (Å²) >= 11 is 5.37. The summed E-state index contributed by atoms with van der Waals surface area (Å²) in [6.07, 6.45) is 2.60. The molecular weight excluding hydrogens is 642 g/mol. The molecule has 1 aromatic carbocycles. The summed E-state index contributed by atoms with van der Waals surface area (Å²) < 4.78 is 0. The van der Waals surface area contributed by atoms with Crippen molar-refractivity contribution in [3.63, 3.8) is 0 Å². The van der Waals surface area contributed by atoms with Crippen molar-refractivity contribution in [3.8, 4) is 5.75 Å². The maximum Gasteiger partial charge on any atom is 0.248 e. The Bertz CT molecular complexity index is 1220. The van der Waals surface area contributed by atoms with Crippen molar-refractivity contribution >= 4 is 59.8 Å². The summed E-state index contributed by atoms with van der Waals surface area (Å²) in [7, 11) is 0. The summed E-state index contributed by atoms with van der Waals surface area (Å²) in [4.78, 5) is 78.5. The minimum absolute atomic E-state index is 0.0109. The standard InChI is InChI=1S/C28H43N7O9S2/c1-46-10-8-18(31-27(43)22-3-2-9-35(22)28(44)21(13-37)34-24(40)17(29)14-45)25(41)32-19(11-15-4-6-16(38)7-5-15)26(42)33-20(12-36)23(30)39/h4-7,17-22,36-38,45H,2-3,8-14,29H2,1H3,(H2,30,39)(H,31,43)(H,32,41)(H,33,42)(H,34,40)/t17-,18-,19-,20-,21-,22?/m0/s1. The van der Waals surface area contributed by atoms with Gasteiger partial charge in [0.15, 0.2) is 0 Å². The number of carbonyl (C=O) groups excluding carboxylic acids is 6. The second kappa shape index (κ2) is 19.2. The highest BCUT2D eigenvalue weighted by atomic mass is 32.2. The zero-order chi connectivity index (χ0) is 34.4. The van der Waals surface area contributed by atoms with Gasteiger partial charge in [-0.2, -0.15) is 24.4 Å². The normalized spacial score (nSPS) is 17.6. The number of likely N-dealkylation sites (tertiary alicyclic amines) is 1. The van der Waals surface area contributed by atoms with Crippen LogP contribution in [0.4, 0.5) is 0 Å². The van der Waals surface area contributed by atoms with E-state index in [0.29, 0.717) is 17.7 Å². The van der Waals surface area contributed by atoms with Crippen LogP contribution in [-0.2, 0) is 35.2 Å². The molecule has 1 aromatic rings. The molecule has 0 spiro atoms. The van der Waals surface area contributed by atoms with Gasteiger partial charge in [0.05, 0.1) is 19.3 Å². The highest BCUT2D eigenvalue weighted by Crippen LogP contribution is 2.19. The summed E-state index contributed by atoms with van der Waals surface area (Å²) in [6, 6.07) is -1.33. The number of phenolic OH excluding ortho intramolecular Hbond substituents is 1. The molecule has 2 rings (SSSR count). The minimum Gasteiger partial charge on any atom is -0.508 e. The molecule has 6 amide bonds. The number of amides is 6. The number of phenols is 1. The zero-order valence-electron chi connectivity index (χ0n) is 25.4. The minimum atomic E-state index is -1.41. The lowest BCUT2D eigenvalue weighted by Crippen LogP contribution is -2.60. The molecule has 0 saturated carbocycles. The molecule has 16 nitrogen and oxygen atoms in total. The molecule has 1 aliphatic heterocycles. The van der Waals surface area contributed by atoms with Crippen LogP contribution in [0.25, 0.3) is 0 Å². The van der Waals surface area contributed by atoms with Crippen molar-refractivity contribution < 1.29 is 44.1 Å². The van der Waals surface area contributed by atoms with Gasteiger partial charge in [0, 0.05) is 18.7 Å². The number of thioether (sulfide) groups is 1. The number of thiol groups is 1. The highest BCUT2D eigenvalue weighted by Gasteiger charge is 2.39. The Morgan fingerprint density at radius 3 is 2.09 bits per heavy atom. The van der Waals surface area contributed by atoms with Gasteiger partial charge in [-0.3, -0.25) is 28.8 Å². The molecule has 1 aliphatic rings. The lowest BCUT2D eigenvalue weighted by Gasteiger charge is -2.30. The van der Waals surface area contributed by atoms with Crippen LogP contribution in [-0.4, -0.2) is 129 Å². The molecule has 18 heteroatoms. The van der Waals surface area contributed by atoms with Crippen molar-refractivity contribution in [2.45, 2.75) is 61.9 Å². The molecule has 0 aromatic heterocycles. The Morgan fingerprint density at radius 1 is 0.935 bits per heavy atom. The van der Waals surface area contributed by atoms with Crippen LogP contribution in [0.3, 0.4) is 0 Å². The molecular formula is C28H43N7O9S2. The zero-order valence-corrected chi connectivity index (χ0v) is 27.1. The quantitative estimate of drug-likeness (QED) is 0.0673. The third-order valence-corrected chi connectivity index (χ3v) is 8.30. The maximum atomic E-state index is 13.6. The predicted octanol–water partition coefficient (Wildman–Crippen LogP) is -3.65. The van der Waals surface area contributed by atoms with E-state index in [9.17, 15) is 44.1 Å². The second-order valence-corrected chi connectivity index (χ2v) is 12.0. The van der Waals surface area contributed by atoms with Crippen LogP contribution in [0.15, 0.2) is 24.3 Å². The summed E-state index contributed by atoms with van der Waals surface area (Å²) in [6.45, 7) is -1.33. The lowest BCUT2D eigenvalue weighted by atomic mass is 10.0. The first-order valence-corrected chi connectivity index (χ1v) is 16.6. The third-order valence-electron chi connectivity index (χ3n) is 7.26. The van der Waals surface area contributed by atoms with Crippen LogP contribution in [0.2, 0.25) is 0 Å². The first-order chi connectivity index (χ1) is 21.9. The number of aliphatic hydroxyl groups excluding tert-OH is 2. The van der Waals surface area contributed by atoms with E-state index in [1.54, 1.807) is 6.26 Å². The summed E-state index contributed by atoms with van der Waals surface area (Å²) in [5, 5.41) is 38.8. The number of hydrogen-bond acceptors (Lipinski definition) is 12. The molecule has 256 valence electrons. The number of nitrogens with zero attached hydrogens (tertiary/aromatic N) is 1.